The van der Waals surface area contributed by atoms with Gasteiger partial charge in [0, 0.05) is 38.3 Å². The van der Waals surface area contributed by atoms with Crippen molar-refractivity contribution < 1.29 is 17.9 Å². The molecule has 0 aliphatic carbocycles. The Labute approximate surface area is 160 Å². The Hall–Kier alpha value is -3.29. The van der Waals surface area contributed by atoms with Crippen LogP contribution in [-0.4, -0.2) is 36.1 Å². The van der Waals surface area contributed by atoms with Crippen LogP contribution in [0.2, 0.25) is 0 Å². The second-order valence-corrected chi connectivity index (χ2v) is 6.32. The second kappa shape index (κ2) is 7.75. The number of benzene rings is 2. The fourth-order valence-corrected chi connectivity index (χ4v) is 3.11. The van der Waals surface area contributed by atoms with Crippen LogP contribution in [0.3, 0.4) is 0 Å². The van der Waals surface area contributed by atoms with Crippen LogP contribution < -0.4 is 14.5 Å². The van der Waals surface area contributed by atoms with E-state index in [1.165, 1.54) is 18.5 Å². The minimum Gasteiger partial charge on any atom is -0.436 e. The summed E-state index contributed by atoms with van der Waals surface area (Å²) < 4.78 is 46.2. The van der Waals surface area contributed by atoms with Gasteiger partial charge in [-0.25, -0.2) is 23.1 Å². The SMILES string of the molecule is Fc1ccc(Oc2cc(N3CCN(c4ccccc4F)CC3)ncn2)c(F)c1. The van der Waals surface area contributed by atoms with E-state index in [9.17, 15) is 13.2 Å². The molecule has 3 aromatic rings. The zero-order valence-electron chi connectivity index (χ0n) is 14.9. The minimum absolute atomic E-state index is 0.115. The van der Waals surface area contributed by atoms with Crippen LogP contribution in [0, 0.1) is 17.5 Å². The van der Waals surface area contributed by atoms with E-state index in [1.54, 1.807) is 18.2 Å². The Morgan fingerprint density at radius 1 is 0.786 bits per heavy atom. The topological polar surface area (TPSA) is 41.5 Å². The number of ether oxygens (including phenoxy) is 1. The number of para-hydroxylation sites is 1. The molecule has 0 saturated carbocycles. The lowest BCUT2D eigenvalue weighted by Gasteiger charge is -2.36. The van der Waals surface area contributed by atoms with Crippen molar-refractivity contribution in [1.82, 2.24) is 9.97 Å². The standard InChI is InChI=1S/C20H17F3N4O/c21-14-5-6-18(16(23)11-14)28-20-12-19(24-13-25-20)27-9-7-26(8-10-27)17-4-2-1-3-15(17)22/h1-6,11-13H,7-10H2. The molecule has 0 N–H and O–H groups in total. The molecule has 0 unspecified atom stereocenters. The van der Waals surface area contributed by atoms with Crippen LogP contribution >= 0.6 is 0 Å². The quantitative estimate of drug-likeness (QED) is 0.678. The highest BCUT2D eigenvalue weighted by atomic mass is 19.1. The van der Waals surface area contributed by atoms with Crippen molar-refractivity contribution in [1.29, 1.82) is 0 Å². The molecular weight excluding hydrogens is 369 g/mol. The third kappa shape index (κ3) is 3.85. The number of anilines is 2. The van der Waals surface area contributed by atoms with Gasteiger partial charge in [0.05, 0.1) is 5.69 Å². The Kier molecular flexibility index (Phi) is 5.01. The summed E-state index contributed by atoms with van der Waals surface area (Å²) in [6, 6.07) is 11.4. The van der Waals surface area contributed by atoms with Crippen molar-refractivity contribution in [3.8, 4) is 11.6 Å². The van der Waals surface area contributed by atoms with Crippen molar-refractivity contribution in [3.05, 3.63) is 72.3 Å². The molecule has 0 atom stereocenters. The summed E-state index contributed by atoms with van der Waals surface area (Å²) in [6.45, 7) is 2.53. The van der Waals surface area contributed by atoms with E-state index in [1.807, 2.05) is 15.9 Å². The Bertz CT molecular complexity index is 977. The number of piperazine rings is 1. The van der Waals surface area contributed by atoms with E-state index in [0.717, 1.165) is 12.1 Å². The van der Waals surface area contributed by atoms with E-state index in [4.69, 9.17) is 4.74 Å². The van der Waals surface area contributed by atoms with Crippen molar-refractivity contribution >= 4 is 11.5 Å². The minimum atomic E-state index is -0.807. The number of hydrogen-bond donors (Lipinski definition) is 0. The predicted octanol–water partition coefficient (Wildman–Crippen LogP) is 4.01. The summed E-state index contributed by atoms with van der Waals surface area (Å²) in [5.41, 5.74) is 0.584. The molecule has 1 aromatic heterocycles. The number of nitrogens with zero attached hydrogens (tertiary/aromatic N) is 4. The maximum absolute atomic E-state index is 14.0. The first-order chi connectivity index (χ1) is 13.6. The predicted molar refractivity (Wildman–Crippen MR) is 99.3 cm³/mol. The number of halogens is 3. The van der Waals surface area contributed by atoms with Gasteiger partial charge in [-0.05, 0) is 24.3 Å². The summed E-state index contributed by atoms with van der Waals surface area (Å²) in [5.74, 6) is -1.06. The molecule has 5 nitrogen and oxygen atoms in total. The van der Waals surface area contributed by atoms with Crippen molar-refractivity contribution in [2.24, 2.45) is 0 Å². The summed E-state index contributed by atoms with van der Waals surface area (Å²) >= 11 is 0. The van der Waals surface area contributed by atoms with Crippen molar-refractivity contribution in [2.45, 2.75) is 0 Å². The Morgan fingerprint density at radius 3 is 2.29 bits per heavy atom. The first kappa shape index (κ1) is 18.1. The highest BCUT2D eigenvalue weighted by molar-refractivity contribution is 5.51. The van der Waals surface area contributed by atoms with Gasteiger partial charge in [0.25, 0.3) is 0 Å². The highest BCUT2D eigenvalue weighted by Gasteiger charge is 2.21. The van der Waals surface area contributed by atoms with Crippen LogP contribution in [0.4, 0.5) is 24.7 Å². The molecule has 0 bridgehead atoms. The average molecular weight is 386 g/mol. The normalized spacial score (nSPS) is 14.2. The van der Waals surface area contributed by atoms with Crippen molar-refractivity contribution in [2.75, 3.05) is 36.0 Å². The number of hydrogen-bond acceptors (Lipinski definition) is 5. The Morgan fingerprint density at radius 2 is 1.54 bits per heavy atom. The molecule has 4 rings (SSSR count). The lowest BCUT2D eigenvalue weighted by molar-refractivity contribution is 0.422. The van der Waals surface area contributed by atoms with Gasteiger partial charge in [-0.15, -0.1) is 0 Å². The molecule has 1 saturated heterocycles. The average Bonchev–Trinajstić information content (AvgIpc) is 2.71. The Balaban J connectivity index is 1.44. The van der Waals surface area contributed by atoms with Gasteiger partial charge in [-0.1, -0.05) is 12.1 Å². The summed E-state index contributed by atoms with van der Waals surface area (Å²) in [7, 11) is 0. The van der Waals surface area contributed by atoms with Gasteiger partial charge in [-0.2, -0.15) is 0 Å². The molecular formula is C20H17F3N4O. The number of rotatable bonds is 4. The summed E-state index contributed by atoms with van der Waals surface area (Å²) in [4.78, 5) is 12.2. The third-order valence-corrected chi connectivity index (χ3v) is 4.53. The molecule has 0 radical (unpaired) electrons. The fraction of sp³-hybridized carbons (Fsp3) is 0.200. The van der Waals surface area contributed by atoms with Crippen LogP contribution in [0.5, 0.6) is 11.6 Å². The van der Waals surface area contributed by atoms with E-state index < -0.39 is 11.6 Å². The molecule has 8 heteroatoms. The molecule has 28 heavy (non-hydrogen) atoms. The van der Waals surface area contributed by atoms with Crippen LogP contribution in [-0.2, 0) is 0 Å². The molecule has 1 aliphatic rings. The van der Waals surface area contributed by atoms with E-state index in [-0.39, 0.29) is 17.4 Å². The van der Waals surface area contributed by atoms with Gasteiger partial charge in [0.15, 0.2) is 11.6 Å². The van der Waals surface area contributed by atoms with Gasteiger partial charge < -0.3 is 14.5 Å². The van der Waals surface area contributed by atoms with Gasteiger partial charge in [0.1, 0.15) is 23.8 Å². The molecule has 144 valence electrons. The van der Waals surface area contributed by atoms with Crippen LogP contribution in [0.25, 0.3) is 0 Å². The molecule has 1 aliphatic heterocycles. The molecule has 1 fully saturated rings. The third-order valence-electron chi connectivity index (χ3n) is 4.53. The lowest BCUT2D eigenvalue weighted by atomic mass is 10.2. The van der Waals surface area contributed by atoms with E-state index >= 15 is 0 Å². The summed E-state index contributed by atoms with van der Waals surface area (Å²) in [5, 5.41) is 0. The van der Waals surface area contributed by atoms with Gasteiger partial charge in [0.2, 0.25) is 5.88 Å². The maximum atomic E-state index is 14.0. The summed E-state index contributed by atoms with van der Waals surface area (Å²) in [6.07, 6.45) is 1.33. The van der Waals surface area contributed by atoms with Crippen LogP contribution in [0.1, 0.15) is 0 Å². The number of aromatic nitrogens is 2. The first-order valence-electron chi connectivity index (χ1n) is 8.79. The largest absolute Gasteiger partial charge is 0.436 e. The smallest absolute Gasteiger partial charge is 0.224 e. The fourth-order valence-electron chi connectivity index (χ4n) is 3.11. The van der Waals surface area contributed by atoms with Gasteiger partial charge >= 0.3 is 0 Å². The van der Waals surface area contributed by atoms with Crippen molar-refractivity contribution in [3.63, 3.8) is 0 Å². The monoisotopic (exact) mass is 386 g/mol. The molecule has 0 amide bonds. The second-order valence-electron chi connectivity index (χ2n) is 6.32. The molecule has 2 heterocycles. The van der Waals surface area contributed by atoms with Crippen LogP contribution in [0.15, 0.2) is 54.9 Å². The van der Waals surface area contributed by atoms with E-state index in [0.29, 0.717) is 37.7 Å². The zero-order valence-corrected chi connectivity index (χ0v) is 14.9. The highest BCUT2D eigenvalue weighted by Crippen LogP contribution is 2.26. The molecule has 2 aromatic carbocycles. The first-order valence-corrected chi connectivity index (χ1v) is 8.79. The molecule has 0 spiro atoms. The van der Waals surface area contributed by atoms with Gasteiger partial charge in [-0.3, -0.25) is 0 Å². The van der Waals surface area contributed by atoms with E-state index in [2.05, 4.69) is 9.97 Å². The lowest BCUT2D eigenvalue weighted by Crippen LogP contribution is -2.47. The zero-order chi connectivity index (χ0) is 19.5. The maximum Gasteiger partial charge on any atom is 0.224 e.